The average molecular weight is 255 g/mol. The van der Waals surface area contributed by atoms with Crippen molar-refractivity contribution in [1.29, 1.82) is 0 Å². The van der Waals surface area contributed by atoms with Gasteiger partial charge >= 0.3 is 0 Å². The lowest BCUT2D eigenvalue weighted by Gasteiger charge is -2.42. The molecule has 2 aliphatic heterocycles. The van der Waals surface area contributed by atoms with E-state index in [1.54, 1.807) is 0 Å². The van der Waals surface area contributed by atoms with Crippen molar-refractivity contribution in [2.24, 2.45) is 0 Å². The quantitative estimate of drug-likeness (QED) is 0.800. The molecule has 3 atom stereocenters. The first kappa shape index (κ1) is 14.3. The minimum absolute atomic E-state index is 0.219. The molecule has 0 aromatic carbocycles. The van der Waals surface area contributed by atoms with Crippen LogP contribution in [-0.4, -0.2) is 66.4 Å². The summed E-state index contributed by atoms with van der Waals surface area (Å²) in [7, 11) is 0. The zero-order valence-corrected chi connectivity index (χ0v) is 12.6. The third kappa shape index (κ3) is 3.44. The molecule has 0 aromatic heterocycles. The SMILES string of the molecule is CC1NC(CN2CCN(C(C)(C)C)CC2)OC1C. The zero-order chi connectivity index (χ0) is 13.3. The fraction of sp³-hybridized carbons (Fsp3) is 1.00. The second-order valence-corrected chi connectivity index (χ2v) is 6.74. The van der Waals surface area contributed by atoms with Crippen LogP contribution in [0.4, 0.5) is 0 Å². The van der Waals surface area contributed by atoms with Crippen LogP contribution in [0, 0.1) is 0 Å². The smallest absolute Gasteiger partial charge is 0.121 e. The minimum Gasteiger partial charge on any atom is -0.357 e. The topological polar surface area (TPSA) is 27.7 Å². The molecule has 2 saturated heterocycles. The van der Waals surface area contributed by atoms with Gasteiger partial charge in [-0.15, -0.1) is 0 Å². The van der Waals surface area contributed by atoms with Gasteiger partial charge in [-0.3, -0.25) is 15.1 Å². The lowest BCUT2D eigenvalue weighted by atomic mass is 10.1. The number of rotatable bonds is 2. The molecule has 0 radical (unpaired) electrons. The van der Waals surface area contributed by atoms with Crippen molar-refractivity contribution in [2.45, 2.75) is 58.5 Å². The zero-order valence-electron chi connectivity index (χ0n) is 12.6. The molecule has 1 N–H and O–H groups in total. The summed E-state index contributed by atoms with van der Waals surface area (Å²) in [4.78, 5) is 5.09. The molecule has 3 unspecified atom stereocenters. The Morgan fingerprint density at radius 1 is 1.11 bits per heavy atom. The lowest BCUT2D eigenvalue weighted by Crippen LogP contribution is -2.55. The van der Waals surface area contributed by atoms with Gasteiger partial charge in [-0.1, -0.05) is 0 Å². The van der Waals surface area contributed by atoms with Crippen LogP contribution < -0.4 is 5.32 Å². The highest BCUT2D eigenvalue weighted by Crippen LogP contribution is 2.17. The molecular weight excluding hydrogens is 226 g/mol. The summed E-state index contributed by atoms with van der Waals surface area (Å²) >= 11 is 0. The number of nitrogens with one attached hydrogen (secondary N) is 1. The molecule has 0 aromatic rings. The van der Waals surface area contributed by atoms with Gasteiger partial charge < -0.3 is 4.74 Å². The summed E-state index contributed by atoms with van der Waals surface area (Å²) < 4.78 is 5.90. The van der Waals surface area contributed by atoms with Gasteiger partial charge in [0.1, 0.15) is 6.23 Å². The Kier molecular flexibility index (Phi) is 4.32. The normalized spacial score (nSPS) is 36.2. The summed E-state index contributed by atoms with van der Waals surface area (Å²) in [5, 5.41) is 3.51. The Hall–Kier alpha value is -0.160. The Bertz CT molecular complexity index is 259. The largest absolute Gasteiger partial charge is 0.357 e. The maximum atomic E-state index is 5.90. The summed E-state index contributed by atoms with van der Waals surface area (Å²) in [6.07, 6.45) is 0.557. The number of nitrogens with zero attached hydrogens (tertiary/aromatic N) is 2. The first-order valence-corrected chi connectivity index (χ1v) is 7.25. The van der Waals surface area contributed by atoms with E-state index in [1.165, 1.54) is 13.1 Å². The van der Waals surface area contributed by atoms with E-state index in [9.17, 15) is 0 Å². The fourth-order valence-corrected chi connectivity index (χ4v) is 2.78. The molecule has 4 nitrogen and oxygen atoms in total. The molecule has 0 amide bonds. The summed E-state index contributed by atoms with van der Waals surface area (Å²) in [5.74, 6) is 0. The van der Waals surface area contributed by atoms with Crippen LogP contribution in [0.5, 0.6) is 0 Å². The van der Waals surface area contributed by atoms with Crippen LogP contribution in [0.1, 0.15) is 34.6 Å². The molecule has 4 heteroatoms. The van der Waals surface area contributed by atoms with E-state index in [-0.39, 0.29) is 6.23 Å². The van der Waals surface area contributed by atoms with Crippen LogP contribution in [0.3, 0.4) is 0 Å². The van der Waals surface area contributed by atoms with Crippen molar-refractivity contribution in [2.75, 3.05) is 32.7 Å². The van der Waals surface area contributed by atoms with Crippen LogP contribution >= 0.6 is 0 Å². The average Bonchev–Trinajstić information content (AvgIpc) is 2.57. The maximum Gasteiger partial charge on any atom is 0.121 e. The molecule has 2 rings (SSSR count). The van der Waals surface area contributed by atoms with Gasteiger partial charge in [-0.25, -0.2) is 0 Å². The highest BCUT2D eigenvalue weighted by atomic mass is 16.5. The molecular formula is C14H29N3O. The van der Waals surface area contributed by atoms with E-state index in [4.69, 9.17) is 4.74 Å². The maximum absolute atomic E-state index is 5.90. The number of ether oxygens (including phenoxy) is 1. The van der Waals surface area contributed by atoms with E-state index in [0.717, 1.165) is 19.6 Å². The summed E-state index contributed by atoms with van der Waals surface area (Å²) in [6, 6.07) is 0.478. The van der Waals surface area contributed by atoms with Crippen molar-refractivity contribution in [1.82, 2.24) is 15.1 Å². The van der Waals surface area contributed by atoms with Crippen molar-refractivity contribution in [3.05, 3.63) is 0 Å². The van der Waals surface area contributed by atoms with E-state index in [0.29, 0.717) is 17.7 Å². The summed E-state index contributed by atoms with van der Waals surface area (Å²) in [6.45, 7) is 16.9. The molecule has 2 heterocycles. The molecule has 0 aliphatic carbocycles. The second kappa shape index (κ2) is 5.45. The second-order valence-electron chi connectivity index (χ2n) is 6.74. The van der Waals surface area contributed by atoms with Crippen molar-refractivity contribution in [3.8, 4) is 0 Å². The molecule has 18 heavy (non-hydrogen) atoms. The van der Waals surface area contributed by atoms with Gasteiger partial charge in [-0.2, -0.15) is 0 Å². The van der Waals surface area contributed by atoms with Gasteiger partial charge in [0.05, 0.1) is 6.10 Å². The van der Waals surface area contributed by atoms with Crippen molar-refractivity contribution < 1.29 is 4.74 Å². The molecule has 0 saturated carbocycles. The fourth-order valence-electron chi connectivity index (χ4n) is 2.78. The highest BCUT2D eigenvalue weighted by molar-refractivity contribution is 4.85. The molecule has 2 aliphatic rings. The van der Waals surface area contributed by atoms with Crippen molar-refractivity contribution >= 4 is 0 Å². The standard InChI is InChI=1S/C14H29N3O/c1-11-12(2)18-13(15-11)10-16-6-8-17(9-7-16)14(3,4)5/h11-13,15H,6-10H2,1-5H3. The Balaban J connectivity index is 1.74. The molecule has 2 fully saturated rings. The van der Waals surface area contributed by atoms with Gasteiger partial charge in [-0.05, 0) is 34.6 Å². The predicted molar refractivity (Wildman–Crippen MR) is 74.7 cm³/mol. The van der Waals surface area contributed by atoms with Gasteiger partial charge in [0.15, 0.2) is 0 Å². The Morgan fingerprint density at radius 3 is 2.17 bits per heavy atom. The Morgan fingerprint density at radius 2 is 1.72 bits per heavy atom. The minimum atomic E-state index is 0.219. The number of hydrogen-bond donors (Lipinski definition) is 1. The summed E-state index contributed by atoms with van der Waals surface area (Å²) in [5.41, 5.74) is 0.303. The number of piperazine rings is 1. The van der Waals surface area contributed by atoms with Crippen LogP contribution in [0.15, 0.2) is 0 Å². The first-order chi connectivity index (χ1) is 8.36. The third-order valence-electron chi connectivity index (χ3n) is 4.28. The van der Waals surface area contributed by atoms with E-state index in [1.807, 2.05) is 0 Å². The molecule has 106 valence electrons. The lowest BCUT2D eigenvalue weighted by molar-refractivity contribution is 0.00110. The first-order valence-electron chi connectivity index (χ1n) is 7.25. The van der Waals surface area contributed by atoms with Gasteiger partial charge in [0.25, 0.3) is 0 Å². The van der Waals surface area contributed by atoms with Crippen LogP contribution in [-0.2, 0) is 4.74 Å². The van der Waals surface area contributed by atoms with Crippen LogP contribution in [0.25, 0.3) is 0 Å². The van der Waals surface area contributed by atoms with E-state index < -0.39 is 0 Å². The van der Waals surface area contributed by atoms with Crippen molar-refractivity contribution in [3.63, 3.8) is 0 Å². The van der Waals surface area contributed by atoms with Crippen LogP contribution in [0.2, 0.25) is 0 Å². The van der Waals surface area contributed by atoms with E-state index >= 15 is 0 Å². The van der Waals surface area contributed by atoms with E-state index in [2.05, 4.69) is 49.7 Å². The predicted octanol–water partition coefficient (Wildman–Crippen LogP) is 1.13. The van der Waals surface area contributed by atoms with Gasteiger partial charge in [0.2, 0.25) is 0 Å². The number of hydrogen-bond acceptors (Lipinski definition) is 4. The third-order valence-corrected chi connectivity index (χ3v) is 4.28. The Labute approximate surface area is 112 Å². The highest BCUT2D eigenvalue weighted by Gasteiger charge is 2.31. The van der Waals surface area contributed by atoms with Gasteiger partial charge in [0, 0.05) is 44.3 Å². The molecule has 0 bridgehead atoms. The monoisotopic (exact) mass is 255 g/mol. The molecule has 0 spiro atoms.